The fourth-order valence-electron chi connectivity index (χ4n) is 2.32. The van der Waals surface area contributed by atoms with E-state index in [2.05, 4.69) is 0 Å². The van der Waals surface area contributed by atoms with Crippen molar-refractivity contribution in [2.24, 2.45) is 5.73 Å². The number of aliphatic carboxylic acids is 1. The number of benzene rings is 1. The zero-order valence-corrected chi connectivity index (χ0v) is 10.6. The van der Waals surface area contributed by atoms with E-state index in [-0.39, 0.29) is 6.54 Å². The van der Waals surface area contributed by atoms with Crippen LogP contribution in [0.2, 0.25) is 0 Å². The molecule has 1 fully saturated rings. The van der Waals surface area contributed by atoms with Crippen LogP contribution in [0.3, 0.4) is 0 Å². The number of aliphatic hydroxyl groups excluding tert-OH is 2. The van der Waals surface area contributed by atoms with Gasteiger partial charge < -0.3 is 21.1 Å². The van der Waals surface area contributed by atoms with Crippen LogP contribution in [0.25, 0.3) is 0 Å². The molecule has 5 N–H and O–H groups in total. The van der Waals surface area contributed by atoms with Crippen molar-refractivity contribution in [3.05, 3.63) is 35.4 Å². The maximum absolute atomic E-state index is 11.3. The van der Waals surface area contributed by atoms with Crippen molar-refractivity contribution in [1.29, 1.82) is 0 Å². The largest absolute Gasteiger partial charge is 0.481 e. The summed E-state index contributed by atoms with van der Waals surface area (Å²) in [5.41, 5.74) is 5.77. The number of carboxylic acid groups (broad SMARTS) is 1. The number of hydrogen-bond acceptors (Lipinski definition) is 4. The lowest BCUT2D eigenvalue weighted by molar-refractivity contribution is -0.140. The summed E-state index contributed by atoms with van der Waals surface area (Å²) in [6.07, 6.45) is -0.427. The number of nitrogens with two attached hydrogens (primary N) is 1. The molecule has 5 nitrogen and oxygen atoms in total. The Kier molecular flexibility index (Phi) is 3.89. The zero-order valence-electron chi connectivity index (χ0n) is 10.6. The molecule has 19 heavy (non-hydrogen) atoms. The van der Waals surface area contributed by atoms with Gasteiger partial charge in [0.15, 0.2) is 0 Å². The molecule has 1 aromatic carbocycles. The van der Waals surface area contributed by atoms with Crippen LogP contribution in [0.4, 0.5) is 0 Å². The van der Waals surface area contributed by atoms with Crippen LogP contribution in [-0.2, 0) is 10.2 Å². The van der Waals surface area contributed by atoms with Gasteiger partial charge in [0.25, 0.3) is 0 Å². The lowest BCUT2D eigenvalue weighted by Crippen LogP contribution is -2.23. The fourth-order valence-corrected chi connectivity index (χ4v) is 2.32. The monoisotopic (exact) mass is 265 g/mol. The second-order valence-electron chi connectivity index (χ2n) is 5.10. The van der Waals surface area contributed by atoms with Crippen LogP contribution in [-0.4, -0.2) is 33.9 Å². The van der Waals surface area contributed by atoms with Crippen LogP contribution in [0, 0.1) is 0 Å². The van der Waals surface area contributed by atoms with Crippen molar-refractivity contribution >= 4 is 5.97 Å². The summed E-state index contributed by atoms with van der Waals surface area (Å²) in [4.78, 5) is 11.3. The Hall–Kier alpha value is -1.43. The Balaban J connectivity index is 2.23. The summed E-state index contributed by atoms with van der Waals surface area (Å²) in [7, 11) is 0. The Morgan fingerprint density at radius 3 is 2.58 bits per heavy atom. The molecular formula is C14H19NO4. The van der Waals surface area contributed by atoms with Crippen molar-refractivity contribution in [3.8, 4) is 0 Å². The molecule has 1 saturated carbocycles. The highest BCUT2D eigenvalue weighted by atomic mass is 16.4. The summed E-state index contributed by atoms with van der Waals surface area (Å²) in [6.45, 7) is 0.289. The van der Waals surface area contributed by atoms with Gasteiger partial charge in [-0.05, 0) is 36.9 Å². The Bertz CT molecular complexity index is 470. The third-order valence-corrected chi connectivity index (χ3v) is 3.77. The molecule has 2 unspecified atom stereocenters. The van der Waals surface area contributed by atoms with Gasteiger partial charge in [-0.1, -0.05) is 24.3 Å². The predicted octanol–water partition coefficient (Wildman–Crippen LogP) is 0.546. The van der Waals surface area contributed by atoms with E-state index in [1.54, 1.807) is 24.3 Å². The highest BCUT2D eigenvalue weighted by molar-refractivity contribution is 5.84. The lowest BCUT2D eigenvalue weighted by Gasteiger charge is -2.19. The molecule has 0 spiro atoms. The first-order valence-corrected chi connectivity index (χ1v) is 6.41. The Morgan fingerprint density at radius 1 is 1.37 bits per heavy atom. The third kappa shape index (κ3) is 2.63. The Morgan fingerprint density at radius 2 is 2.05 bits per heavy atom. The highest BCUT2D eigenvalue weighted by Crippen LogP contribution is 2.48. The molecule has 2 atom stereocenters. The SMILES string of the molecule is NCCC(O)C(O)c1cccc(C2(C(=O)O)CC2)c1. The average molecular weight is 265 g/mol. The molecule has 0 radical (unpaired) electrons. The molecule has 5 heteroatoms. The first-order chi connectivity index (χ1) is 9.01. The van der Waals surface area contributed by atoms with Crippen LogP contribution < -0.4 is 5.73 Å². The van der Waals surface area contributed by atoms with Crippen LogP contribution in [0.1, 0.15) is 36.5 Å². The summed E-state index contributed by atoms with van der Waals surface area (Å²) < 4.78 is 0. The van der Waals surface area contributed by atoms with Crippen molar-refractivity contribution in [2.45, 2.75) is 36.9 Å². The molecule has 1 aliphatic carbocycles. The van der Waals surface area contributed by atoms with E-state index in [4.69, 9.17) is 5.73 Å². The summed E-state index contributed by atoms with van der Waals surface area (Å²) in [6, 6.07) is 6.83. The molecule has 1 aliphatic rings. The molecule has 0 heterocycles. The minimum Gasteiger partial charge on any atom is -0.481 e. The van der Waals surface area contributed by atoms with Gasteiger partial charge in [-0.25, -0.2) is 0 Å². The average Bonchev–Trinajstić information content (AvgIpc) is 3.20. The standard InChI is InChI=1S/C14H19NO4/c15-7-4-11(16)12(17)9-2-1-3-10(8-9)14(5-6-14)13(18)19/h1-3,8,11-12,16-17H,4-7,15H2,(H,18,19). The van der Waals surface area contributed by atoms with Gasteiger partial charge in [-0.3, -0.25) is 4.79 Å². The smallest absolute Gasteiger partial charge is 0.314 e. The number of aliphatic hydroxyl groups is 2. The van der Waals surface area contributed by atoms with Gasteiger partial charge >= 0.3 is 5.97 Å². The number of carboxylic acids is 1. The lowest BCUT2D eigenvalue weighted by atomic mass is 9.92. The quantitative estimate of drug-likeness (QED) is 0.601. The summed E-state index contributed by atoms with van der Waals surface area (Å²) >= 11 is 0. The maximum Gasteiger partial charge on any atom is 0.314 e. The molecule has 0 bridgehead atoms. The van der Waals surface area contributed by atoms with Crippen LogP contribution in [0.5, 0.6) is 0 Å². The normalized spacial score (nSPS) is 19.7. The van der Waals surface area contributed by atoms with Gasteiger partial charge in [0.2, 0.25) is 0 Å². The Labute approximate surface area is 111 Å². The zero-order chi connectivity index (χ0) is 14.0. The van der Waals surface area contributed by atoms with E-state index in [1.807, 2.05) is 0 Å². The van der Waals surface area contributed by atoms with Crippen molar-refractivity contribution < 1.29 is 20.1 Å². The van der Waals surface area contributed by atoms with Crippen LogP contribution >= 0.6 is 0 Å². The molecule has 2 rings (SSSR count). The van der Waals surface area contributed by atoms with Gasteiger partial charge in [-0.15, -0.1) is 0 Å². The van der Waals surface area contributed by atoms with E-state index in [1.165, 1.54) is 0 Å². The van der Waals surface area contributed by atoms with Gasteiger partial charge in [0.05, 0.1) is 11.5 Å². The molecule has 0 aliphatic heterocycles. The topological polar surface area (TPSA) is 104 Å². The molecule has 0 saturated heterocycles. The third-order valence-electron chi connectivity index (χ3n) is 3.77. The second kappa shape index (κ2) is 5.28. The van der Waals surface area contributed by atoms with E-state index < -0.39 is 23.6 Å². The first-order valence-electron chi connectivity index (χ1n) is 6.41. The van der Waals surface area contributed by atoms with Gasteiger partial charge in [-0.2, -0.15) is 0 Å². The van der Waals surface area contributed by atoms with E-state index in [9.17, 15) is 20.1 Å². The van der Waals surface area contributed by atoms with Crippen molar-refractivity contribution in [1.82, 2.24) is 0 Å². The van der Waals surface area contributed by atoms with Crippen molar-refractivity contribution in [3.63, 3.8) is 0 Å². The second-order valence-corrected chi connectivity index (χ2v) is 5.10. The van der Waals surface area contributed by atoms with Crippen LogP contribution in [0.15, 0.2) is 24.3 Å². The van der Waals surface area contributed by atoms with E-state index in [0.29, 0.717) is 30.4 Å². The van der Waals surface area contributed by atoms with Crippen molar-refractivity contribution in [2.75, 3.05) is 6.54 Å². The van der Waals surface area contributed by atoms with Gasteiger partial charge in [0.1, 0.15) is 6.10 Å². The number of carbonyl (C=O) groups is 1. The maximum atomic E-state index is 11.3. The summed E-state index contributed by atoms with van der Waals surface area (Å²) in [5.74, 6) is -0.832. The molecule has 104 valence electrons. The fraction of sp³-hybridized carbons (Fsp3) is 0.500. The predicted molar refractivity (Wildman–Crippen MR) is 69.6 cm³/mol. The number of hydrogen-bond donors (Lipinski definition) is 4. The molecule has 1 aromatic rings. The van der Waals surface area contributed by atoms with E-state index >= 15 is 0 Å². The molecular weight excluding hydrogens is 246 g/mol. The minimum atomic E-state index is -1.03. The number of rotatable bonds is 6. The van der Waals surface area contributed by atoms with Gasteiger partial charge in [0, 0.05) is 0 Å². The molecule has 0 aromatic heterocycles. The molecule has 0 amide bonds. The first kappa shape index (κ1) is 14.0. The van der Waals surface area contributed by atoms with E-state index in [0.717, 1.165) is 0 Å². The highest BCUT2D eigenvalue weighted by Gasteiger charge is 2.51. The summed E-state index contributed by atoms with van der Waals surface area (Å²) in [5, 5.41) is 29.0. The minimum absolute atomic E-state index is 0.289.